The maximum atomic E-state index is 3.87. The Balaban J connectivity index is 0.00000225. The summed E-state index contributed by atoms with van der Waals surface area (Å²) in [4.78, 5) is 0. The Bertz CT molecular complexity index is 291. The Morgan fingerprint density at radius 3 is 2.12 bits per heavy atom. The molecule has 0 heterocycles. The van der Waals surface area contributed by atoms with Crippen LogP contribution in [0.25, 0.3) is 0 Å². The number of benzene rings is 1. The molecule has 0 aromatic heterocycles. The molecule has 1 rings (SSSR count). The van der Waals surface area contributed by atoms with Gasteiger partial charge in [-0.15, -0.1) is 0 Å². The molecule has 0 amide bonds. The summed E-state index contributed by atoms with van der Waals surface area (Å²) in [5.74, 6) is 0. The lowest BCUT2D eigenvalue weighted by Crippen LogP contribution is -3.00. The van der Waals surface area contributed by atoms with E-state index in [4.69, 9.17) is 0 Å². The Labute approximate surface area is 106 Å². The summed E-state index contributed by atoms with van der Waals surface area (Å²) in [5.41, 5.74) is 1.42. The fraction of sp³-hybridized carbons (Fsp3) is 0.429. The third-order valence-corrected chi connectivity index (χ3v) is 3.22. The molecular formula is C14H22ClN. The number of quaternary nitrogens is 1. The summed E-state index contributed by atoms with van der Waals surface area (Å²) in [6, 6.07) is 10.7. The van der Waals surface area contributed by atoms with Gasteiger partial charge in [-0.1, -0.05) is 36.9 Å². The van der Waals surface area contributed by atoms with Gasteiger partial charge in [-0.25, -0.2) is 0 Å². The fourth-order valence-electron chi connectivity index (χ4n) is 2.01. The maximum absolute atomic E-state index is 3.87. The third kappa shape index (κ3) is 3.99. The van der Waals surface area contributed by atoms with E-state index < -0.39 is 0 Å². The molecule has 1 aromatic rings. The van der Waals surface area contributed by atoms with Gasteiger partial charge in [0.25, 0.3) is 0 Å². The molecule has 0 bridgehead atoms. The molecular weight excluding hydrogens is 218 g/mol. The van der Waals surface area contributed by atoms with Gasteiger partial charge < -0.3 is 16.9 Å². The van der Waals surface area contributed by atoms with Crippen molar-refractivity contribution in [1.29, 1.82) is 0 Å². The molecule has 90 valence electrons. The van der Waals surface area contributed by atoms with Crippen molar-refractivity contribution >= 4 is 0 Å². The van der Waals surface area contributed by atoms with Crippen LogP contribution >= 0.6 is 0 Å². The number of nitrogens with zero attached hydrogens (tertiary/aromatic N) is 1. The van der Waals surface area contributed by atoms with E-state index in [1.807, 2.05) is 6.08 Å². The van der Waals surface area contributed by atoms with Crippen LogP contribution in [0, 0.1) is 0 Å². The fourth-order valence-corrected chi connectivity index (χ4v) is 2.01. The minimum absolute atomic E-state index is 0. The molecule has 1 aromatic carbocycles. The molecule has 0 atom stereocenters. The summed E-state index contributed by atoms with van der Waals surface area (Å²) >= 11 is 0. The van der Waals surface area contributed by atoms with Crippen molar-refractivity contribution in [1.82, 2.24) is 0 Å². The van der Waals surface area contributed by atoms with Crippen LogP contribution in [-0.2, 0) is 6.54 Å². The third-order valence-electron chi connectivity index (χ3n) is 3.22. The predicted octanol–water partition coefficient (Wildman–Crippen LogP) is 0.233. The predicted molar refractivity (Wildman–Crippen MR) is 66.6 cm³/mol. The molecule has 1 nitrogen and oxygen atoms in total. The highest BCUT2D eigenvalue weighted by atomic mass is 35.5. The van der Waals surface area contributed by atoms with Crippen molar-refractivity contribution in [2.45, 2.75) is 20.4 Å². The van der Waals surface area contributed by atoms with Crippen LogP contribution in [0.2, 0.25) is 0 Å². The van der Waals surface area contributed by atoms with Gasteiger partial charge in [-0.05, 0) is 19.9 Å². The van der Waals surface area contributed by atoms with Gasteiger partial charge in [-0.2, -0.15) is 0 Å². The van der Waals surface area contributed by atoms with Gasteiger partial charge in [0.15, 0.2) is 0 Å². The summed E-state index contributed by atoms with van der Waals surface area (Å²) in [7, 11) is 0. The zero-order chi connectivity index (χ0) is 11.1. The van der Waals surface area contributed by atoms with E-state index in [-0.39, 0.29) is 12.4 Å². The van der Waals surface area contributed by atoms with Crippen LogP contribution in [0.5, 0.6) is 0 Å². The second-order valence-electron chi connectivity index (χ2n) is 4.09. The van der Waals surface area contributed by atoms with Crippen LogP contribution in [0.3, 0.4) is 0 Å². The quantitative estimate of drug-likeness (QED) is 0.493. The van der Waals surface area contributed by atoms with E-state index in [9.17, 15) is 0 Å². The van der Waals surface area contributed by atoms with E-state index >= 15 is 0 Å². The summed E-state index contributed by atoms with van der Waals surface area (Å²) in [6.45, 7) is 12.9. The first-order valence-electron chi connectivity index (χ1n) is 5.76. The summed E-state index contributed by atoms with van der Waals surface area (Å²) in [5, 5.41) is 0. The number of likely N-dealkylation sites (N-methyl/N-ethyl adjacent to an activating group) is 1. The largest absolute Gasteiger partial charge is 1.00 e. The van der Waals surface area contributed by atoms with Crippen molar-refractivity contribution in [3.63, 3.8) is 0 Å². The zero-order valence-electron chi connectivity index (χ0n) is 10.3. The smallest absolute Gasteiger partial charge is 0.105 e. The molecule has 0 aliphatic heterocycles. The van der Waals surface area contributed by atoms with Gasteiger partial charge in [0, 0.05) is 5.56 Å². The lowest BCUT2D eigenvalue weighted by atomic mass is 10.1. The second kappa shape index (κ2) is 7.48. The van der Waals surface area contributed by atoms with Gasteiger partial charge in [-0.3, -0.25) is 0 Å². The van der Waals surface area contributed by atoms with Crippen molar-refractivity contribution in [3.8, 4) is 0 Å². The topological polar surface area (TPSA) is 0 Å². The maximum Gasteiger partial charge on any atom is 0.105 e. The first-order valence-corrected chi connectivity index (χ1v) is 5.76. The second-order valence-corrected chi connectivity index (χ2v) is 4.09. The molecule has 2 heteroatoms. The van der Waals surface area contributed by atoms with Crippen LogP contribution in [-0.4, -0.2) is 24.1 Å². The highest BCUT2D eigenvalue weighted by Gasteiger charge is 2.21. The number of halogens is 1. The highest BCUT2D eigenvalue weighted by Crippen LogP contribution is 2.14. The lowest BCUT2D eigenvalue weighted by molar-refractivity contribution is -0.932. The van der Waals surface area contributed by atoms with E-state index in [0.717, 1.165) is 30.7 Å². The van der Waals surface area contributed by atoms with Crippen LogP contribution in [0.4, 0.5) is 0 Å². The molecule has 0 fully saturated rings. The van der Waals surface area contributed by atoms with Crippen molar-refractivity contribution in [2.75, 3.05) is 19.6 Å². The van der Waals surface area contributed by atoms with Crippen LogP contribution < -0.4 is 12.4 Å². The first kappa shape index (κ1) is 15.2. The Kier molecular flexibility index (Phi) is 7.11. The molecule has 0 spiro atoms. The molecule has 0 unspecified atom stereocenters. The molecule has 0 radical (unpaired) electrons. The van der Waals surface area contributed by atoms with Crippen molar-refractivity contribution in [2.24, 2.45) is 0 Å². The number of hydrogen-bond acceptors (Lipinski definition) is 0. The Morgan fingerprint density at radius 1 is 1.12 bits per heavy atom. The SMILES string of the molecule is C=CC[N+](CC)(CC)Cc1ccccc1.[Cl-]. The van der Waals surface area contributed by atoms with Crippen molar-refractivity contribution < 1.29 is 16.9 Å². The molecule has 0 aliphatic rings. The molecule has 16 heavy (non-hydrogen) atoms. The van der Waals surface area contributed by atoms with E-state index in [2.05, 4.69) is 50.8 Å². The first-order chi connectivity index (χ1) is 7.26. The summed E-state index contributed by atoms with van der Waals surface area (Å²) < 4.78 is 1.10. The number of rotatable bonds is 6. The average molecular weight is 240 g/mol. The van der Waals surface area contributed by atoms with Crippen LogP contribution in [0.15, 0.2) is 43.0 Å². The molecule has 0 saturated carbocycles. The Hall–Kier alpha value is -0.790. The minimum Gasteiger partial charge on any atom is -1.00 e. The van der Waals surface area contributed by atoms with Gasteiger partial charge in [0.05, 0.1) is 19.6 Å². The summed E-state index contributed by atoms with van der Waals surface area (Å²) in [6.07, 6.45) is 2.04. The van der Waals surface area contributed by atoms with Gasteiger partial charge in [0.1, 0.15) is 6.54 Å². The molecule has 0 N–H and O–H groups in total. The van der Waals surface area contributed by atoms with Crippen LogP contribution in [0.1, 0.15) is 19.4 Å². The lowest BCUT2D eigenvalue weighted by Gasteiger charge is -2.36. The zero-order valence-corrected chi connectivity index (χ0v) is 11.1. The normalized spacial score (nSPS) is 10.6. The van der Waals surface area contributed by atoms with E-state index in [0.29, 0.717) is 0 Å². The van der Waals surface area contributed by atoms with E-state index in [1.54, 1.807) is 0 Å². The molecule has 0 aliphatic carbocycles. The van der Waals surface area contributed by atoms with E-state index in [1.165, 1.54) is 5.56 Å². The van der Waals surface area contributed by atoms with Gasteiger partial charge in [0.2, 0.25) is 0 Å². The Morgan fingerprint density at radius 2 is 1.69 bits per heavy atom. The van der Waals surface area contributed by atoms with Crippen molar-refractivity contribution in [3.05, 3.63) is 48.6 Å². The molecule has 0 saturated heterocycles. The standard InChI is InChI=1S/C14H22N.ClH/c1-4-12-15(5-2,6-3)13-14-10-8-7-9-11-14;/h4,7-11H,1,5-6,12-13H2,2-3H3;1H/q+1;/p-1. The minimum atomic E-state index is 0. The average Bonchev–Trinajstić information content (AvgIpc) is 2.30. The monoisotopic (exact) mass is 239 g/mol. The highest BCUT2D eigenvalue weighted by molar-refractivity contribution is 5.13. The van der Waals surface area contributed by atoms with Gasteiger partial charge >= 0.3 is 0 Å². The number of hydrogen-bond donors (Lipinski definition) is 0.